The fourth-order valence-corrected chi connectivity index (χ4v) is 7.18. The van der Waals surface area contributed by atoms with Crippen LogP contribution in [0.25, 0.3) is 0 Å². The van der Waals surface area contributed by atoms with Crippen LogP contribution in [0.15, 0.2) is 52.1 Å². The summed E-state index contributed by atoms with van der Waals surface area (Å²) < 4.78 is 27.9. The number of benzene rings is 1. The average Bonchev–Trinajstić information content (AvgIpc) is 3.46. The fourth-order valence-electron chi connectivity index (χ4n) is 3.72. The molecule has 1 aromatic carbocycles. The number of amides is 2. The van der Waals surface area contributed by atoms with Gasteiger partial charge in [0.2, 0.25) is 15.9 Å². The molecule has 1 N–H and O–H groups in total. The minimum Gasteiger partial charge on any atom is -0.341 e. The number of thioether (sulfide) groups is 1. The third-order valence-electron chi connectivity index (χ3n) is 5.34. The summed E-state index contributed by atoms with van der Waals surface area (Å²) in [7, 11) is -3.51. The number of carbonyl (C=O) groups excluding carboxylic acids is 2. The molecule has 0 spiro atoms. The Bertz CT molecular complexity index is 988. The molecular weight excluding hydrogens is 442 g/mol. The van der Waals surface area contributed by atoms with Crippen LogP contribution in [-0.4, -0.2) is 66.8 Å². The summed E-state index contributed by atoms with van der Waals surface area (Å²) in [6.07, 6.45) is 1.12. The molecule has 2 aromatic rings. The molecule has 2 aliphatic heterocycles. The Labute approximate surface area is 184 Å². The maximum Gasteiger partial charge on any atom is 0.255 e. The highest BCUT2D eigenvalue weighted by Gasteiger charge is 2.38. The lowest BCUT2D eigenvalue weighted by molar-refractivity contribution is -0.135. The Morgan fingerprint density at radius 2 is 1.77 bits per heavy atom. The van der Waals surface area contributed by atoms with E-state index in [1.165, 1.54) is 11.3 Å². The molecule has 0 aliphatic carbocycles. The van der Waals surface area contributed by atoms with Gasteiger partial charge in [-0.3, -0.25) is 9.59 Å². The van der Waals surface area contributed by atoms with Crippen LogP contribution < -0.4 is 4.72 Å². The average molecular weight is 466 g/mol. The lowest BCUT2D eigenvalue weighted by Gasteiger charge is -2.35. The van der Waals surface area contributed by atoms with Crippen LogP contribution >= 0.6 is 23.1 Å². The number of sulfonamides is 1. The van der Waals surface area contributed by atoms with Crippen molar-refractivity contribution in [3.05, 3.63) is 53.4 Å². The van der Waals surface area contributed by atoms with E-state index in [1.54, 1.807) is 51.2 Å². The largest absolute Gasteiger partial charge is 0.341 e. The van der Waals surface area contributed by atoms with E-state index in [9.17, 15) is 18.0 Å². The summed E-state index contributed by atoms with van der Waals surface area (Å²) in [6, 6.07) is 11.6. The molecule has 0 radical (unpaired) electrons. The Morgan fingerprint density at radius 1 is 1.03 bits per heavy atom. The van der Waals surface area contributed by atoms with Crippen molar-refractivity contribution in [2.24, 2.45) is 0 Å². The topological polar surface area (TPSA) is 86.8 Å². The van der Waals surface area contributed by atoms with E-state index in [-0.39, 0.29) is 17.9 Å². The van der Waals surface area contributed by atoms with Crippen LogP contribution in [0.5, 0.6) is 0 Å². The third kappa shape index (κ3) is 4.56. The lowest BCUT2D eigenvalue weighted by Crippen LogP contribution is -2.53. The van der Waals surface area contributed by atoms with Gasteiger partial charge in [0.05, 0.1) is 5.88 Å². The molecule has 2 saturated heterocycles. The first-order valence-corrected chi connectivity index (χ1v) is 13.3. The maximum absolute atomic E-state index is 13.1. The van der Waals surface area contributed by atoms with Crippen molar-refractivity contribution in [3.8, 4) is 0 Å². The number of rotatable bonds is 5. The number of thiophene rings is 1. The predicted molar refractivity (Wildman–Crippen MR) is 118 cm³/mol. The molecule has 30 heavy (non-hydrogen) atoms. The molecule has 10 heteroatoms. The summed E-state index contributed by atoms with van der Waals surface area (Å²) >= 11 is 2.77. The van der Waals surface area contributed by atoms with Crippen molar-refractivity contribution in [1.29, 1.82) is 0 Å². The second-order valence-corrected chi connectivity index (χ2v) is 11.2. The molecule has 0 unspecified atom stereocenters. The number of likely N-dealkylation sites (tertiary alicyclic amines) is 1. The van der Waals surface area contributed by atoms with Gasteiger partial charge in [0, 0.05) is 30.4 Å². The quantitative estimate of drug-likeness (QED) is 0.732. The first kappa shape index (κ1) is 21.4. The van der Waals surface area contributed by atoms with E-state index in [0.717, 1.165) is 0 Å². The van der Waals surface area contributed by atoms with Crippen LogP contribution in [0.2, 0.25) is 0 Å². The minimum absolute atomic E-state index is 0.0520. The van der Waals surface area contributed by atoms with E-state index < -0.39 is 16.1 Å². The molecule has 2 fully saturated rings. The SMILES string of the molecule is O=C([C@@H]1CSCN1C(=O)c1ccccc1)N1CCC(NS(=O)(=O)c2cccs2)CC1. The number of nitrogens with one attached hydrogen (secondary N) is 1. The zero-order valence-electron chi connectivity index (χ0n) is 16.3. The number of hydrogen-bond acceptors (Lipinski definition) is 6. The van der Waals surface area contributed by atoms with E-state index in [2.05, 4.69) is 4.72 Å². The Kier molecular flexibility index (Phi) is 6.47. The van der Waals surface area contributed by atoms with Crippen molar-refractivity contribution >= 4 is 44.9 Å². The smallest absolute Gasteiger partial charge is 0.255 e. The highest BCUT2D eigenvalue weighted by molar-refractivity contribution is 7.99. The molecule has 2 amide bonds. The highest BCUT2D eigenvalue weighted by Crippen LogP contribution is 2.26. The molecule has 160 valence electrons. The van der Waals surface area contributed by atoms with E-state index >= 15 is 0 Å². The van der Waals surface area contributed by atoms with Gasteiger partial charge < -0.3 is 9.80 Å². The zero-order chi connectivity index (χ0) is 21.1. The van der Waals surface area contributed by atoms with Crippen LogP contribution in [-0.2, 0) is 14.8 Å². The van der Waals surface area contributed by atoms with Crippen LogP contribution in [0.1, 0.15) is 23.2 Å². The van der Waals surface area contributed by atoms with Crippen LogP contribution in [0.4, 0.5) is 0 Å². The van der Waals surface area contributed by atoms with E-state index in [4.69, 9.17) is 0 Å². The van der Waals surface area contributed by atoms with Gasteiger partial charge in [0.15, 0.2) is 0 Å². The molecular formula is C20H23N3O4S3. The number of nitrogens with zero attached hydrogens (tertiary/aromatic N) is 2. The summed E-state index contributed by atoms with van der Waals surface area (Å²) in [5.74, 6) is 0.908. The number of carbonyl (C=O) groups is 2. The van der Waals surface area contributed by atoms with Crippen LogP contribution in [0.3, 0.4) is 0 Å². The number of piperidine rings is 1. The van der Waals surface area contributed by atoms with Gasteiger partial charge in [0.1, 0.15) is 10.3 Å². The normalized spacial score (nSPS) is 20.5. The monoisotopic (exact) mass is 465 g/mol. The Balaban J connectivity index is 1.35. The van der Waals surface area contributed by atoms with Crippen molar-refractivity contribution < 1.29 is 18.0 Å². The standard InChI is InChI=1S/C20H23N3O4S3/c24-19(15-5-2-1-3-6-15)23-14-28-13-17(23)20(25)22-10-8-16(9-11-22)21-30(26,27)18-7-4-12-29-18/h1-7,12,16-17,21H,8-11,13-14H2/t17-/m0/s1. The van der Waals surface area contributed by atoms with Gasteiger partial charge in [-0.2, -0.15) is 0 Å². The summed E-state index contributed by atoms with van der Waals surface area (Å²) in [6.45, 7) is 0.954. The van der Waals surface area contributed by atoms with Crippen molar-refractivity contribution in [2.45, 2.75) is 29.1 Å². The van der Waals surface area contributed by atoms with Crippen molar-refractivity contribution in [3.63, 3.8) is 0 Å². The molecule has 3 heterocycles. The van der Waals surface area contributed by atoms with Gasteiger partial charge in [-0.15, -0.1) is 23.1 Å². The first-order chi connectivity index (χ1) is 14.5. The fraction of sp³-hybridized carbons (Fsp3) is 0.400. The predicted octanol–water partition coefficient (Wildman–Crippen LogP) is 2.23. The number of hydrogen-bond donors (Lipinski definition) is 1. The second-order valence-electron chi connectivity index (χ2n) is 7.31. The lowest BCUT2D eigenvalue weighted by atomic mass is 10.0. The van der Waals surface area contributed by atoms with Gasteiger partial charge in [-0.05, 0) is 36.4 Å². The third-order valence-corrected chi connectivity index (χ3v) is 9.27. The van der Waals surface area contributed by atoms with E-state index in [1.807, 2.05) is 18.2 Å². The van der Waals surface area contributed by atoms with Gasteiger partial charge in [-0.25, -0.2) is 13.1 Å². The second kappa shape index (κ2) is 9.09. The Hall–Kier alpha value is -1.88. The summed E-state index contributed by atoms with van der Waals surface area (Å²) in [5, 5.41) is 1.73. The molecule has 2 aliphatic rings. The van der Waals surface area contributed by atoms with Crippen LogP contribution in [0, 0.1) is 0 Å². The van der Waals surface area contributed by atoms with Crippen molar-refractivity contribution in [1.82, 2.24) is 14.5 Å². The van der Waals surface area contributed by atoms with Gasteiger partial charge in [-0.1, -0.05) is 24.3 Å². The highest BCUT2D eigenvalue weighted by atomic mass is 32.2. The van der Waals surface area contributed by atoms with Crippen molar-refractivity contribution in [2.75, 3.05) is 24.7 Å². The molecule has 0 bridgehead atoms. The first-order valence-electron chi connectivity index (χ1n) is 9.74. The van der Waals surface area contributed by atoms with Gasteiger partial charge >= 0.3 is 0 Å². The molecule has 0 saturated carbocycles. The van der Waals surface area contributed by atoms with Gasteiger partial charge in [0.25, 0.3) is 5.91 Å². The molecule has 1 aromatic heterocycles. The summed E-state index contributed by atoms with van der Waals surface area (Å²) in [4.78, 5) is 29.3. The molecule has 4 rings (SSSR count). The zero-order valence-corrected chi connectivity index (χ0v) is 18.7. The molecule has 7 nitrogen and oxygen atoms in total. The van der Waals surface area contributed by atoms with E-state index in [0.29, 0.717) is 47.3 Å². The summed E-state index contributed by atoms with van der Waals surface area (Å²) in [5.41, 5.74) is 0.583. The Morgan fingerprint density at radius 3 is 2.43 bits per heavy atom. The molecule has 1 atom stereocenters. The maximum atomic E-state index is 13.1. The minimum atomic E-state index is -3.51.